The lowest BCUT2D eigenvalue weighted by atomic mass is 10.3. The molecule has 114 valence electrons. The summed E-state index contributed by atoms with van der Waals surface area (Å²) in [5, 5.41) is 3.65. The molecule has 1 aliphatic rings. The van der Waals surface area contributed by atoms with Crippen molar-refractivity contribution in [2.45, 2.75) is 0 Å². The molecule has 0 aromatic heterocycles. The van der Waals surface area contributed by atoms with Crippen LogP contribution in [0.5, 0.6) is 0 Å². The minimum atomic E-state index is 0.0687. The number of likely N-dealkylation sites (N-methyl/N-ethyl adjacent to an activating group) is 1. The number of hydrogen-bond donors (Lipinski definition) is 1. The van der Waals surface area contributed by atoms with Crippen molar-refractivity contribution in [3.8, 4) is 0 Å². The number of thiocarbonyl (C=S) groups is 1. The topological polar surface area (TPSA) is 44.8 Å². The maximum atomic E-state index is 12.2. The van der Waals surface area contributed by atoms with E-state index >= 15 is 0 Å². The Morgan fingerprint density at radius 3 is 2.86 bits per heavy atom. The second-order valence-corrected chi connectivity index (χ2v) is 6.09. The molecule has 2 rings (SSSR count). The quantitative estimate of drug-likeness (QED) is 0.822. The summed E-state index contributed by atoms with van der Waals surface area (Å²) in [6.45, 7) is 2.78. The number of anilines is 1. The molecule has 1 aromatic rings. The van der Waals surface area contributed by atoms with Crippen molar-refractivity contribution in [1.29, 1.82) is 0 Å². The van der Waals surface area contributed by atoms with Gasteiger partial charge in [-0.1, -0.05) is 22.0 Å². The smallest absolute Gasteiger partial charge is 0.242 e. The SMILES string of the molecule is CN(CC(=O)N1CCOCC1)C(=S)Nc1cccc(Br)c1. The van der Waals surface area contributed by atoms with Crippen LogP contribution in [-0.4, -0.2) is 60.7 Å². The van der Waals surface area contributed by atoms with Gasteiger partial charge >= 0.3 is 0 Å². The van der Waals surface area contributed by atoms with Gasteiger partial charge in [-0.15, -0.1) is 0 Å². The Bertz CT molecular complexity index is 521. The highest BCUT2D eigenvalue weighted by molar-refractivity contribution is 9.10. The van der Waals surface area contributed by atoms with E-state index in [1.165, 1.54) is 0 Å². The number of hydrogen-bond acceptors (Lipinski definition) is 3. The maximum absolute atomic E-state index is 12.2. The van der Waals surface area contributed by atoms with Gasteiger partial charge < -0.3 is 19.9 Å². The van der Waals surface area contributed by atoms with Crippen LogP contribution in [-0.2, 0) is 9.53 Å². The fourth-order valence-electron chi connectivity index (χ4n) is 1.97. The number of ether oxygens (including phenoxy) is 1. The number of carbonyl (C=O) groups excluding carboxylic acids is 1. The van der Waals surface area contributed by atoms with Crippen LogP contribution in [0, 0.1) is 0 Å². The molecule has 0 unspecified atom stereocenters. The lowest BCUT2D eigenvalue weighted by Crippen LogP contribution is -2.46. The van der Waals surface area contributed by atoms with E-state index in [1.807, 2.05) is 36.2 Å². The van der Waals surface area contributed by atoms with Crippen molar-refractivity contribution >= 4 is 44.9 Å². The summed E-state index contributed by atoms with van der Waals surface area (Å²) in [5.74, 6) is 0.0687. The third-order valence-corrected chi connectivity index (χ3v) is 4.07. The van der Waals surface area contributed by atoms with E-state index in [1.54, 1.807) is 4.90 Å². The van der Waals surface area contributed by atoms with Gasteiger partial charge in [0, 0.05) is 30.3 Å². The highest BCUT2D eigenvalue weighted by Crippen LogP contribution is 2.16. The second kappa shape index (κ2) is 7.72. The van der Waals surface area contributed by atoms with Crippen molar-refractivity contribution in [2.24, 2.45) is 0 Å². The van der Waals surface area contributed by atoms with Crippen molar-refractivity contribution in [3.05, 3.63) is 28.7 Å². The molecule has 0 radical (unpaired) electrons. The van der Waals surface area contributed by atoms with Gasteiger partial charge in [-0.3, -0.25) is 4.79 Å². The second-order valence-electron chi connectivity index (χ2n) is 4.79. The average Bonchev–Trinajstić information content (AvgIpc) is 2.48. The van der Waals surface area contributed by atoms with Gasteiger partial charge in [-0.05, 0) is 30.4 Å². The summed E-state index contributed by atoms with van der Waals surface area (Å²) in [6, 6.07) is 7.73. The van der Waals surface area contributed by atoms with Gasteiger partial charge in [-0.25, -0.2) is 0 Å². The molecule has 0 atom stereocenters. The molecular formula is C14H18BrN3O2S. The van der Waals surface area contributed by atoms with Gasteiger partial charge in [0.2, 0.25) is 5.91 Å². The molecule has 0 aliphatic carbocycles. The maximum Gasteiger partial charge on any atom is 0.242 e. The first-order valence-electron chi connectivity index (χ1n) is 6.69. The molecule has 1 saturated heterocycles. The third kappa shape index (κ3) is 4.94. The molecule has 1 aliphatic heterocycles. The molecule has 21 heavy (non-hydrogen) atoms. The number of amides is 1. The molecule has 0 saturated carbocycles. The Kier molecular flexibility index (Phi) is 5.96. The number of halogens is 1. The zero-order chi connectivity index (χ0) is 15.2. The van der Waals surface area contributed by atoms with E-state index < -0.39 is 0 Å². The van der Waals surface area contributed by atoms with Crippen LogP contribution >= 0.6 is 28.1 Å². The van der Waals surface area contributed by atoms with Crippen LogP contribution < -0.4 is 5.32 Å². The standard InChI is InChI=1S/C14H18BrN3O2S/c1-17(10-13(19)18-5-7-20-8-6-18)14(21)16-12-4-2-3-11(15)9-12/h2-4,9H,5-8,10H2,1H3,(H,16,21). The van der Waals surface area contributed by atoms with Gasteiger partial charge in [0.05, 0.1) is 19.8 Å². The monoisotopic (exact) mass is 371 g/mol. The van der Waals surface area contributed by atoms with Crippen LogP contribution in [0.1, 0.15) is 0 Å². The molecule has 5 nitrogen and oxygen atoms in total. The Morgan fingerprint density at radius 2 is 2.19 bits per heavy atom. The third-order valence-electron chi connectivity index (χ3n) is 3.16. The summed E-state index contributed by atoms with van der Waals surface area (Å²) >= 11 is 8.74. The number of nitrogens with zero attached hydrogens (tertiary/aromatic N) is 2. The Labute approximate surface area is 138 Å². The van der Waals surface area contributed by atoms with E-state index in [0.717, 1.165) is 10.2 Å². The molecule has 1 amide bonds. The summed E-state index contributed by atoms with van der Waals surface area (Å²) < 4.78 is 6.22. The zero-order valence-electron chi connectivity index (χ0n) is 11.8. The number of benzene rings is 1. The number of rotatable bonds is 3. The average molecular weight is 372 g/mol. The normalized spacial score (nSPS) is 14.7. The highest BCUT2D eigenvalue weighted by Gasteiger charge is 2.19. The highest BCUT2D eigenvalue weighted by atomic mass is 79.9. The first-order valence-corrected chi connectivity index (χ1v) is 7.89. The van der Waals surface area contributed by atoms with E-state index in [4.69, 9.17) is 17.0 Å². The van der Waals surface area contributed by atoms with Gasteiger partial charge in [0.1, 0.15) is 0 Å². The van der Waals surface area contributed by atoms with Crippen LogP contribution in [0.2, 0.25) is 0 Å². The van der Waals surface area contributed by atoms with Crippen LogP contribution in [0.15, 0.2) is 28.7 Å². The van der Waals surface area contributed by atoms with Gasteiger partial charge in [0.25, 0.3) is 0 Å². The molecule has 1 N–H and O–H groups in total. The Hall–Kier alpha value is -1.18. The van der Waals surface area contributed by atoms with Crippen LogP contribution in [0.4, 0.5) is 5.69 Å². The minimum Gasteiger partial charge on any atom is -0.378 e. The van der Waals surface area contributed by atoms with Crippen LogP contribution in [0.25, 0.3) is 0 Å². The molecule has 0 spiro atoms. The summed E-state index contributed by atoms with van der Waals surface area (Å²) in [7, 11) is 1.81. The van der Waals surface area contributed by atoms with Crippen molar-refractivity contribution in [2.75, 3.05) is 45.2 Å². The van der Waals surface area contributed by atoms with Gasteiger partial charge in [0.15, 0.2) is 5.11 Å². The number of nitrogens with one attached hydrogen (secondary N) is 1. The van der Waals surface area contributed by atoms with E-state index in [-0.39, 0.29) is 12.5 Å². The van der Waals surface area contributed by atoms with Crippen molar-refractivity contribution in [3.63, 3.8) is 0 Å². The van der Waals surface area contributed by atoms with E-state index in [9.17, 15) is 4.79 Å². The molecule has 1 fully saturated rings. The zero-order valence-corrected chi connectivity index (χ0v) is 14.2. The minimum absolute atomic E-state index is 0.0687. The molecule has 0 bridgehead atoms. The fraction of sp³-hybridized carbons (Fsp3) is 0.429. The summed E-state index contributed by atoms with van der Waals surface area (Å²) in [4.78, 5) is 15.7. The van der Waals surface area contributed by atoms with E-state index in [0.29, 0.717) is 31.4 Å². The Morgan fingerprint density at radius 1 is 1.48 bits per heavy atom. The number of morpholine rings is 1. The lowest BCUT2D eigenvalue weighted by Gasteiger charge is -2.29. The lowest BCUT2D eigenvalue weighted by molar-refractivity contribution is -0.135. The first-order chi connectivity index (χ1) is 10.1. The number of carbonyl (C=O) groups is 1. The molecule has 7 heteroatoms. The van der Waals surface area contributed by atoms with Crippen molar-refractivity contribution < 1.29 is 9.53 Å². The van der Waals surface area contributed by atoms with Gasteiger partial charge in [-0.2, -0.15) is 0 Å². The summed E-state index contributed by atoms with van der Waals surface area (Å²) in [5.41, 5.74) is 0.889. The first kappa shape index (κ1) is 16.2. The predicted molar refractivity (Wildman–Crippen MR) is 90.4 cm³/mol. The van der Waals surface area contributed by atoms with Crippen LogP contribution in [0.3, 0.4) is 0 Å². The molecular weight excluding hydrogens is 354 g/mol. The van der Waals surface area contributed by atoms with E-state index in [2.05, 4.69) is 21.2 Å². The Balaban J connectivity index is 1.85. The van der Waals surface area contributed by atoms with Crippen molar-refractivity contribution in [1.82, 2.24) is 9.80 Å². The molecule has 1 aromatic carbocycles. The molecule has 1 heterocycles. The summed E-state index contributed by atoms with van der Waals surface area (Å²) in [6.07, 6.45) is 0. The fourth-order valence-corrected chi connectivity index (χ4v) is 2.55. The predicted octanol–water partition coefficient (Wildman–Crippen LogP) is 1.94. The largest absolute Gasteiger partial charge is 0.378 e.